The zero-order chi connectivity index (χ0) is 9.97. The van der Waals surface area contributed by atoms with Gasteiger partial charge in [0.2, 0.25) is 0 Å². The van der Waals surface area contributed by atoms with E-state index in [1.165, 1.54) is 6.33 Å². The van der Waals surface area contributed by atoms with Crippen molar-refractivity contribution in [2.45, 2.75) is 13.3 Å². The molecule has 5 heteroatoms. The van der Waals surface area contributed by atoms with Crippen LogP contribution in [-0.4, -0.2) is 19.5 Å². The maximum atomic E-state index is 5.97. The summed E-state index contributed by atoms with van der Waals surface area (Å²) in [4.78, 5) is 12.1. The fraction of sp³-hybridized carbons (Fsp3) is 0.222. The van der Waals surface area contributed by atoms with E-state index in [-0.39, 0.29) is 0 Å². The first-order valence-corrected chi connectivity index (χ1v) is 4.69. The monoisotopic (exact) mass is 208 g/mol. The molecular weight excluding hydrogens is 200 g/mol. The predicted molar refractivity (Wildman–Crippen MR) is 53.5 cm³/mol. The average Bonchev–Trinajstić information content (AvgIpc) is 2.66. The van der Waals surface area contributed by atoms with Gasteiger partial charge in [-0.2, -0.15) is 0 Å². The fourth-order valence-electron chi connectivity index (χ4n) is 1.27. The third kappa shape index (κ3) is 1.48. The van der Waals surface area contributed by atoms with Crippen molar-refractivity contribution in [3.63, 3.8) is 0 Å². The molecule has 0 radical (unpaired) electrons. The highest BCUT2D eigenvalue weighted by Crippen LogP contribution is 2.17. The summed E-state index contributed by atoms with van der Waals surface area (Å²) in [6, 6.07) is 0. The molecule has 0 amide bonds. The number of hydrogen-bond donors (Lipinski definition) is 0. The SMILES string of the molecule is CCc1nccn1-c1ncncc1Cl. The van der Waals surface area contributed by atoms with Gasteiger partial charge in [0.25, 0.3) is 0 Å². The highest BCUT2D eigenvalue weighted by molar-refractivity contribution is 6.32. The zero-order valence-electron chi connectivity index (χ0n) is 7.68. The lowest BCUT2D eigenvalue weighted by molar-refractivity contribution is 0.861. The standard InChI is InChI=1S/C9H9ClN4/c1-2-8-12-3-4-14(8)9-7(10)5-11-6-13-9/h3-6H,2H2,1H3. The number of nitrogens with zero attached hydrogens (tertiary/aromatic N) is 4. The van der Waals surface area contributed by atoms with Crippen LogP contribution in [-0.2, 0) is 6.42 Å². The highest BCUT2D eigenvalue weighted by atomic mass is 35.5. The van der Waals surface area contributed by atoms with E-state index in [4.69, 9.17) is 11.6 Å². The van der Waals surface area contributed by atoms with Crippen LogP contribution in [0.1, 0.15) is 12.7 Å². The number of imidazole rings is 1. The quantitative estimate of drug-likeness (QED) is 0.757. The predicted octanol–water partition coefficient (Wildman–Crippen LogP) is 1.88. The third-order valence-corrected chi connectivity index (χ3v) is 2.18. The van der Waals surface area contributed by atoms with Gasteiger partial charge >= 0.3 is 0 Å². The van der Waals surface area contributed by atoms with Gasteiger partial charge in [-0.05, 0) is 0 Å². The molecule has 2 heterocycles. The minimum atomic E-state index is 0.528. The second-order valence-corrected chi connectivity index (χ2v) is 3.17. The Morgan fingerprint density at radius 2 is 2.29 bits per heavy atom. The van der Waals surface area contributed by atoms with Crippen molar-refractivity contribution in [1.82, 2.24) is 19.5 Å². The third-order valence-electron chi connectivity index (χ3n) is 1.91. The number of halogens is 1. The van der Waals surface area contributed by atoms with Gasteiger partial charge in [0.05, 0.1) is 6.20 Å². The average molecular weight is 209 g/mol. The maximum absolute atomic E-state index is 5.97. The Balaban J connectivity index is 2.54. The lowest BCUT2D eigenvalue weighted by Gasteiger charge is -2.05. The van der Waals surface area contributed by atoms with Gasteiger partial charge in [-0.25, -0.2) is 15.0 Å². The van der Waals surface area contributed by atoms with Crippen molar-refractivity contribution in [1.29, 1.82) is 0 Å². The summed E-state index contributed by atoms with van der Waals surface area (Å²) in [6.45, 7) is 2.04. The summed E-state index contributed by atoms with van der Waals surface area (Å²) in [7, 11) is 0. The first-order chi connectivity index (χ1) is 6.83. The molecule has 14 heavy (non-hydrogen) atoms. The minimum Gasteiger partial charge on any atom is -0.287 e. The number of aryl methyl sites for hydroxylation is 1. The Kier molecular flexibility index (Phi) is 2.45. The second kappa shape index (κ2) is 3.75. The van der Waals surface area contributed by atoms with Crippen LogP contribution in [0.3, 0.4) is 0 Å². The van der Waals surface area contributed by atoms with E-state index < -0.39 is 0 Å². The van der Waals surface area contributed by atoms with Crippen molar-refractivity contribution in [3.8, 4) is 5.82 Å². The van der Waals surface area contributed by atoms with Crippen LogP contribution in [0.5, 0.6) is 0 Å². The molecule has 2 aromatic heterocycles. The summed E-state index contributed by atoms with van der Waals surface area (Å²) in [5, 5.41) is 0.528. The molecule has 0 aliphatic carbocycles. The minimum absolute atomic E-state index is 0.528. The van der Waals surface area contributed by atoms with E-state index in [1.807, 2.05) is 17.7 Å². The summed E-state index contributed by atoms with van der Waals surface area (Å²) < 4.78 is 1.87. The van der Waals surface area contributed by atoms with Crippen LogP contribution in [0, 0.1) is 0 Å². The summed E-state index contributed by atoms with van der Waals surface area (Å²) in [5.41, 5.74) is 0. The molecule has 0 unspecified atom stereocenters. The van der Waals surface area contributed by atoms with E-state index in [2.05, 4.69) is 15.0 Å². The van der Waals surface area contributed by atoms with Crippen LogP contribution < -0.4 is 0 Å². The van der Waals surface area contributed by atoms with Gasteiger partial charge < -0.3 is 0 Å². The van der Waals surface area contributed by atoms with Crippen molar-refractivity contribution in [2.24, 2.45) is 0 Å². The molecule has 0 atom stereocenters. The van der Waals surface area contributed by atoms with Gasteiger partial charge in [0.15, 0.2) is 5.82 Å². The van der Waals surface area contributed by atoms with Gasteiger partial charge in [-0.1, -0.05) is 18.5 Å². The number of aromatic nitrogens is 4. The van der Waals surface area contributed by atoms with Gasteiger partial charge in [-0.15, -0.1) is 0 Å². The Morgan fingerprint density at radius 3 is 3.00 bits per heavy atom. The Hall–Kier alpha value is -1.42. The Morgan fingerprint density at radius 1 is 1.43 bits per heavy atom. The van der Waals surface area contributed by atoms with Crippen LogP contribution in [0.15, 0.2) is 24.9 Å². The molecule has 0 spiro atoms. The smallest absolute Gasteiger partial charge is 0.160 e. The summed E-state index contributed by atoms with van der Waals surface area (Å²) in [6.07, 6.45) is 7.46. The molecule has 0 fully saturated rings. The van der Waals surface area contributed by atoms with E-state index in [1.54, 1.807) is 12.4 Å². The van der Waals surface area contributed by atoms with E-state index >= 15 is 0 Å². The lowest BCUT2D eigenvalue weighted by Crippen LogP contribution is -2.02. The van der Waals surface area contributed by atoms with Crippen molar-refractivity contribution >= 4 is 11.6 Å². The topological polar surface area (TPSA) is 43.6 Å². The van der Waals surface area contributed by atoms with E-state index in [0.29, 0.717) is 10.8 Å². The fourth-order valence-corrected chi connectivity index (χ4v) is 1.47. The summed E-state index contributed by atoms with van der Waals surface area (Å²) in [5.74, 6) is 1.61. The first kappa shape index (κ1) is 9.15. The normalized spacial score (nSPS) is 10.4. The Bertz CT molecular complexity index is 438. The van der Waals surface area contributed by atoms with Crippen molar-refractivity contribution < 1.29 is 0 Å². The largest absolute Gasteiger partial charge is 0.287 e. The molecule has 72 valence electrons. The van der Waals surface area contributed by atoms with Crippen LogP contribution >= 0.6 is 11.6 Å². The van der Waals surface area contributed by atoms with Crippen LogP contribution in [0.4, 0.5) is 0 Å². The molecule has 2 aromatic rings. The molecule has 0 saturated carbocycles. The van der Waals surface area contributed by atoms with Gasteiger partial charge in [0, 0.05) is 18.8 Å². The van der Waals surface area contributed by atoms with E-state index in [0.717, 1.165) is 12.2 Å². The molecule has 4 nitrogen and oxygen atoms in total. The first-order valence-electron chi connectivity index (χ1n) is 4.31. The molecule has 0 aromatic carbocycles. The van der Waals surface area contributed by atoms with Crippen molar-refractivity contribution in [2.75, 3.05) is 0 Å². The molecule has 0 N–H and O–H groups in total. The molecule has 0 aliphatic rings. The molecule has 0 bridgehead atoms. The molecule has 2 rings (SSSR count). The van der Waals surface area contributed by atoms with Gasteiger partial charge in [0.1, 0.15) is 17.2 Å². The zero-order valence-corrected chi connectivity index (χ0v) is 8.44. The van der Waals surface area contributed by atoms with Crippen LogP contribution in [0.25, 0.3) is 5.82 Å². The highest BCUT2D eigenvalue weighted by Gasteiger charge is 2.07. The molecular formula is C9H9ClN4. The summed E-state index contributed by atoms with van der Waals surface area (Å²) >= 11 is 5.97. The van der Waals surface area contributed by atoms with Gasteiger partial charge in [-0.3, -0.25) is 4.57 Å². The maximum Gasteiger partial charge on any atom is 0.160 e. The molecule has 0 saturated heterocycles. The Labute approximate surface area is 86.6 Å². The molecule has 0 aliphatic heterocycles. The van der Waals surface area contributed by atoms with Crippen LogP contribution in [0.2, 0.25) is 5.02 Å². The van der Waals surface area contributed by atoms with E-state index in [9.17, 15) is 0 Å². The van der Waals surface area contributed by atoms with Crippen molar-refractivity contribution in [3.05, 3.63) is 35.8 Å². The number of rotatable bonds is 2. The second-order valence-electron chi connectivity index (χ2n) is 2.76. The number of hydrogen-bond acceptors (Lipinski definition) is 3. The lowest BCUT2D eigenvalue weighted by atomic mass is 10.4.